The number of hydrogen-bond donors (Lipinski definition) is 2. The van der Waals surface area contributed by atoms with Gasteiger partial charge in [-0.15, -0.1) is 0 Å². The Kier molecular flexibility index (Phi) is 7.09. The summed E-state index contributed by atoms with van der Waals surface area (Å²) >= 11 is 0. The number of carbonyl (C=O) groups excluding carboxylic acids is 2. The normalized spacial score (nSPS) is 19.9. The topological polar surface area (TPSA) is 82.1 Å². The van der Waals surface area contributed by atoms with Crippen molar-refractivity contribution in [2.24, 2.45) is 0 Å². The van der Waals surface area contributed by atoms with Gasteiger partial charge < -0.3 is 20.1 Å². The molecule has 22 heavy (non-hydrogen) atoms. The number of aliphatic hydroxyl groups excluding tert-OH is 1. The van der Waals surface area contributed by atoms with Gasteiger partial charge in [-0.05, 0) is 40.7 Å². The molecule has 1 atom stereocenters. The summed E-state index contributed by atoms with van der Waals surface area (Å²) in [5, 5.41) is 11.6. The lowest BCUT2D eigenvalue weighted by Gasteiger charge is -2.38. The number of rotatable bonds is 5. The lowest BCUT2D eigenvalue weighted by molar-refractivity contribution is -0.127. The molecule has 0 aliphatic carbocycles. The van der Waals surface area contributed by atoms with Gasteiger partial charge in [0.2, 0.25) is 5.91 Å². The largest absolute Gasteiger partial charge is 0.444 e. The molecule has 1 aliphatic rings. The summed E-state index contributed by atoms with van der Waals surface area (Å²) in [7, 11) is 1.88. The SMILES string of the molecule is CN1CCN(C(=O)OC(C)(C)C)CC1C(=O)NCCCCO. The Balaban J connectivity index is 2.52. The third-order valence-electron chi connectivity index (χ3n) is 3.49. The minimum atomic E-state index is -0.539. The van der Waals surface area contributed by atoms with E-state index >= 15 is 0 Å². The number of nitrogens with zero attached hydrogens (tertiary/aromatic N) is 2. The van der Waals surface area contributed by atoms with Crippen molar-refractivity contribution in [2.45, 2.75) is 45.3 Å². The number of likely N-dealkylation sites (N-methyl/N-ethyl adjacent to an activating group) is 1. The lowest BCUT2D eigenvalue weighted by Crippen LogP contribution is -2.59. The maximum atomic E-state index is 12.2. The average Bonchev–Trinajstić information content (AvgIpc) is 2.42. The molecular weight excluding hydrogens is 286 g/mol. The fourth-order valence-corrected chi connectivity index (χ4v) is 2.22. The Bertz CT molecular complexity index is 381. The molecule has 1 aliphatic heterocycles. The molecule has 1 saturated heterocycles. The number of piperazine rings is 1. The van der Waals surface area contributed by atoms with E-state index < -0.39 is 5.60 Å². The third kappa shape index (κ3) is 6.19. The summed E-state index contributed by atoms with van der Waals surface area (Å²) in [5.41, 5.74) is -0.539. The number of amides is 2. The number of ether oxygens (including phenoxy) is 1. The first kappa shape index (κ1) is 18.7. The molecular formula is C15H29N3O4. The van der Waals surface area contributed by atoms with Crippen molar-refractivity contribution in [3.8, 4) is 0 Å². The van der Waals surface area contributed by atoms with Crippen molar-refractivity contribution < 1.29 is 19.4 Å². The summed E-state index contributed by atoms with van der Waals surface area (Å²) in [6.07, 6.45) is 1.04. The monoisotopic (exact) mass is 315 g/mol. The van der Waals surface area contributed by atoms with Gasteiger partial charge in [0.15, 0.2) is 0 Å². The molecule has 0 spiro atoms. The van der Waals surface area contributed by atoms with Crippen LogP contribution in [0.3, 0.4) is 0 Å². The van der Waals surface area contributed by atoms with Crippen molar-refractivity contribution in [3.63, 3.8) is 0 Å². The highest BCUT2D eigenvalue weighted by molar-refractivity contribution is 5.83. The molecule has 1 unspecified atom stereocenters. The summed E-state index contributed by atoms with van der Waals surface area (Å²) in [6.45, 7) is 7.66. The van der Waals surface area contributed by atoms with Gasteiger partial charge in [0.1, 0.15) is 11.6 Å². The van der Waals surface area contributed by atoms with Crippen molar-refractivity contribution in [3.05, 3.63) is 0 Å². The Labute approximate surface area is 132 Å². The van der Waals surface area contributed by atoms with E-state index in [0.29, 0.717) is 32.6 Å². The minimum Gasteiger partial charge on any atom is -0.444 e. The molecule has 7 heteroatoms. The number of aliphatic hydroxyl groups is 1. The van der Waals surface area contributed by atoms with E-state index in [1.54, 1.807) is 4.90 Å². The Morgan fingerprint density at radius 2 is 1.95 bits per heavy atom. The highest BCUT2D eigenvalue weighted by Crippen LogP contribution is 2.14. The Morgan fingerprint density at radius 1 is 1.27 bits per heavy atom. The predicted molar refractivity (Wildman–Crippen MR) is 83.6 cm³/mol. The standard InChI is InChI=1S/C15H29N3O4/c1-15(2,3)22-14(21)18-9-8-17(4)12(11-18)13(20)16-7-5-6-10-19/h12,19H,5-11H2,1-4H3,(H,16,20). The molecule has 0 bridgehead atoms. The van der Waals surface area contributed by atoms with Crippen LogP contribution in [0.25, 0.3) is 0 Å². The molecule has 7 nitrogen and oxygen atoms in total. The van der Waals surface area contributed by atoms with Gasteiger partial charge in [0.25, 0.3) is 0 Å². The highest BCUT2D eigenvalue weighted by Gasteiger charge is 2.33. The molecule has 1 fully saturated rings. The van der Waals surface area contributed by atoms with Crippen LogP contribution in [0, 0.1) is 0 Å². The van der Waals surface area contributed by atoms with Crippen molar-refractivity contribution in [1.29, 1.82) is 0 Å². The van der Waals surface area contributed by atoms with Crippen LogP contribution in [0.4, 0.5) is 4.79 Å². The van der Waals surface area contributed by atoms with Crippen LogP contribution in [-0.4, -0.2) is 78.4 Å². The summed E-state index contributed by atoms with van der Waals surface area (Å²) in [6, 6.07) is -0.365. The van der Waals surface area contributed by atoms with Gasteiger partial charge in [-0.3, -0.25) is 9.69 Å². The zero-order chi connectivity index (χ0) is 16.8. The van der Waals surface area contributed by atoms with Crippen LogP contribution in [0.1, 0.15) is 33.6 Å². The second-order valence-corrected chi connectivity index (χ2v) is 6.64. The van der Waals surface area contributed by atoms with Crippen LogP contribution < -0.4 is 5.32 Å². The molecule has 1 rings (SSSR count). The predicted octanol–water partition coefficient (Wildman–Crippen LogP) is 0.426. The first-order valence-electron chi connectivity index (χ1n) is 7.81. The fourth-order valence-electron chi connectivity index (χ4n) is 2.22. The molecule has 1 heterocycles. The van der Waals surface area contributed by atoms with Crippen molar-refractivity contribution >= 4 is 12.0 Å². The molecule has 0 aromatic carbocycles. The van der Waals surface area contributed by atoms with Gasteiger partial charge in [-0.2, -0.15) is 0 Å². The van der Waals surface area contributed by atoms with E-state index in [1.807, 2.05) is 32.7 Å². The van der Waals surface area contributed by atoms with E-state index in [2.05, 4.69) is 5.32 Å². The zero-order valence-electron chi connectivity index (χ0n) is 14.1. The van der Waals surface area contributed by atoms with Crippen molar-refractivity contribution in [1.82, 2.24) is 15.1 Å². The van der Waals surface area contributed by atoms with Gasteiger partial charge in [0.05, 0.1) is 0 Å². The second-order valence-electron chi connectivity index (χ2n) is 6.64. The van der Waals surface area contributed by atoms with E-state index in [0.717, 1.165) is 6.42 Å². The summed E-state index contributed by atoms with van der Waals surface area (Å²) in [4.78, 5) is 27.9. The fraction of sp³-hybridized carbons (Fsp3) is 0.867. The summed E-state index contributed by atoms with van der Waals surface area (Å²) in [5.74, 6) is -0.0892. The highest BCUT2D eigenvalue weighted by atomic mass is 16.6. The van der Waals surface area contributed by atoms with Crippen LogP contribution in [0.2, 0.25) is 0 Å². The van der Waals surface area contributed by atoms with Crippen LogP contribution in [0.15, 0.2) is 0 Å². The van der Waals surface area contributed by atoms with Gasteiger partial charge in [-0.1, -0.05) is 0 Å². The quantitative estimate of drug-likeness (QED) is 0.719. The van der Waals surface area contributed by atoms with Crippen molar-refractivity contribution in [2.75, 3.05) is 39.8 Å². The molecule has 128 valence electrons. The first-order valence-corrected chi connectivity index (χ1v) is 7.81. The minimum absolute atomic E-state index is 0.0892. The molecule has 2 amide bonds. The smallest absolute Gasteiger partial charge is 0.410 e. The van der Waals surface area contributed by atoms with Crippen LogP contribution in [-0.2, 0) is 9.53 Å². The Hall–Kier alpha value is -1.34. The van der Waals surface area contributed by atoms with E-state index in [4.69, 9.17) is 9.84 Å². The van der Waals surface area contributed by atoms with Crippen LogP contribution in [0.5, 0.6) is 0 Å². The third-order valence-corrected chi connectivity index (χ3v) is 3.49. The Morgan fingerprint density at radius 3 is 2.55 bits per heavy atom. The summed E-state index contributed by atoms with van der Waals surface area (Å²) < 4.78 is 5.36. The van der Waals surface area contributed by atoms with E-state index in [1.165, 1.54) is 0 Å². The number of unbranched alkanes of at least 4 members (excludes halogenated alkanes) is 1. The lowest BCUT2D eigenvalue weighted by atomic mass is 10.1. The van der Waals surface area contributed by atoms with Crippen LogP contribution >= 0.6 is 0 Å². The van der Waals surface area contributed by atoms with Gasteiger partial charge in [-0.25, -0.2) is 4.79 Å². The number of carbonyl (C=O) groups is 2. The zero-order valence-corrected chi connectivity index (χ0v) is 14.1. The first-order chi connectivity index (χ1) is 10.2. The maximum absolute atomic E-state index is 12.2. The molecule has 0 saturated carbocycles. The molecule has 0 radical (unpaired) electrons. The number of nitrogens with one attached hydrogen (secondary N) is 1. The van der Waals surface area contributed by atoms with Gasteiger partial charge >= 0.3 is 6.09 Å². The molecule has 2 N–H and O–H groups in total. The number of hydrogen-bond acceptors (Lipinski definition) is 5. The molecule has 0 aromatic heterocycles. The molecule has 0 aromatic rings. The maximum Gasteiger partial charge on any atom is 0.410 e. The average molecular weight is 315 g/mol. The van der Waals surface area contributed by atoms with Gasteiger partial charge in [0, 0.05) is 32.8 Å². The van der Waals surface area contributed by atoms with E-state index in [9.17, 15) is 9.59 Å². The van der Waals surface area contributed by atoms with E-state index in [-0.39, 0.29) is 24.6 Å². The second kappa shape index (κ2) is 8.33.